The summed E-state index contributed by atoms with van der Waals surface area (Å²) >= 11 is 0. The van der Waals surface area contributed by atoms with Gasteiger partial charge in [-0.1, -0.05) is 6.58 Å². The monoisotopic (exact) mass is 132 g/mol. The lowest BCUT2D eigenvalue weighted by molar-refractivity contribution is -0.108. The van der Waals surface area contributed by atoms with E-state index in [1.54, 1.807) is 0 Å². The van der Waals surface area contributed by atoms with Crippen LogP contribution in [0.15, 0.2) is 12.4 Å². The number of allylic oxidation sites excluding steroid dienone is 1. The fourth-order valence-electron chi connectivity index (χ4n) is 0. The fraction of sp³-hybridized carbons (Fsp3) is 0.333. The summed E-state index contributed by atoms with van der Waals surface area (Å²) in [6, 6.07) is 0. The van der Waals surface area contributed by atoms with Crippen LogP contribution in [-0.4, -0.2) is 11.7 Å². The van der Waals surface area contributed by atoms with Crippen molar-refractivity contribution in [3.05, 3.63) is 12.4 Å². The maximum absolute atomic E-state index is 10.9. The molecule has 5 heteroatoms. The highest BCUT2D eigenvalue weighted by Gasteiger charge is 2.32. The van der Waals surface area contributed by atoms with Crippen LogP contribution in [-0.2, 0) is 0 Å². The smallest absolute Gasteiger partial charge is 0.412 e. The zero-order chi connectivity index (χ0) is 6.08. The van der Waals surface area contributed by atoms with Gasteiger partial charge in [0.2, 0.25) is 0 Å². The molecule has 0 aromatic heterocycles. The molecule has 8 heavy (non-hydrogen) atoms. The summed E-state index contributed by atoms with van der Waals surface area (Å²) in [6.07, 6.45) is -4.86. The molecule has 0 aliphatic carbocycles. The minimum absolute atomic E-state index is 0. The third kappa shape index (κ3) is 3.60. The maximum atomic E-state index is 10.9. The Morgan fingerprint density at radius 2 is 1.38 bits per heavy atom. The molecule has 0 atom stereocenters. The van der Waals surface area contributed by atoms with Crippen LogP contribution in [0.3, 0.4) is 0 Å². The Hall–Kier alpha value is -0.580. The second-order valence-corrected chi connectivity index (χ2v) is 0.903. The van der Waals surface area contributed by atoms with Gasteiger partial charge in [0.15, 0.2) is 5.83 Å². The highest BCUT2D eigenvalue weighted by Crippen LogP contribution is 2.23. The van der Waals surface area contributed by atoms with Gasteiger partial charge >= 0.3 is 6.18 Å². The molecule has 0 fully saturated rings. The molecule has 0 aromatic carbocycles. The van der Waals surface area contributed by atoms with Crippen molar-refractivity contribution in [2.24, 2.45) is 0 Å². The number of hydrogen-bond acceptors (Lipinski definition) is 0. The molecule has 0 aromatic rings. The quantitative estimate of drug-likeness (QED) is 0.443. The summed E-state index contributed by atoms with van der Waals surface area (Å²) in [4.78, 5) is 0. The van der Waals surface area contributed by atoms with Gasteiger partial charge in [-0.2, -0.15) is 13.2 Å². The summed E-state index contributed by atoms with van der Waals surface area (Å²) < 4.78 is 43.0. The van der Waals surface area contributed by atoms with E-state index in [2.05, 4.69) is 0 Å². The highest BCUT2D eigenvalue weighted by atomic mass is 19.4. The van der Waals surface area contributed by atoms with Crippen molar-refractivity contribution >= 4 is 0 Å². The van der Waals surface area contributed by atoms with Gasteiger partial charge in [0, 0.05) is 0 Å². The molecule has 0 aliphatic heterocycles. The summed E-state index contributed by atoms with van der Waals surface area (Å²) in [5, 5.41) is 0. The maximum Gasteiger partial charge on any atom is 0.442 e. The van der Waals surface area contributed by atoms with Crippen molar-refractivity contribution < 1.29 is 23.0 Å². The van der Waals surface area contributed by atoms with E-state index >= 15 is 0 Å². The van der Waals surface area contributed by atoms with Gasteiger partial charge in [-0.05, 0) is 0 Å². The SMILES string of the molecule is C=C(F)C(F)(F)F.O. The molecule has 0 bridgehead atoms. The Bertz CT molecular complexity index is 83.8. The molecule has 0 radical (unpaired) electrons. The van der Waals surface area contributed by atoms with Crippen LogP contribution in [0.25, 0.3) is 0 Å². The Balaban J connectivity index is 0. The third-order valence-electron chi connectivity index (χ3n) is 0.308. The van der Waals surface area contributed by atoms with Crippen LogP contribution >= 0.6 is 0 Å². The minimum Gasteiger partial charge on any atom is -0.412 e. The van der Waals surface area contributed by atoms with Gasteiger partial charge < -0.3 is 5.48 Å². The van der Waals surface area contributed by atoms with E-state index in [-0.39, 0.29) is 5.48 Å². The van der Waals surface area contributed by atoms with E-state index in [4.69, 9.17) is 0 Å². The molecule has 2 N–H and O–H groups in total. The molecule has 0 saturated heterocycles. The molecule has 0 unspecified atom stereocenters. The molecular formula is C3H4F4O. The number of alkyl halides is 3. The van der Waals surface area contributed by atoms with Gasteiger partial charge in [-0.15, -0.1) is 0 Å². The first-order chi connectivity index (χ1) is 2.94. The largest absolute Gasteiger partial charge is 0.442 e. The first-order valence-electron chi connectivity index (χ1n) is 1.36. The zero-order valence-corrected chi connectivity index (χ0v) is 3.72. The number of hydrogen-bond donors (Lipinski definition) is 0. The fourth-order valence-corrected chi connectivity index (χ4v) is 0. The lowest BCUT2D eigenvalue weighted by atomic mass is 10.6. The van der Waals surface area contributed by atoms with Gasteiger partial charge in [-0.25, -0.2) is 4.39 Å². The molecular weight excluding hydrogens is 128 g/mol. The lowest BCUT2D eigenvalue weighted by Gasteiger charge is -1.97. The Kier molecular flexibility index (Phi) is 3.46. The van der Waals surface area contributed by atoms with Crippen molar-refractivity contribution in [3.8, 4) is 0 Å². The standard InChI is InChI=1S/C3H2F4.H2O/c1-2(4)3(5,6)7;/h1H2;1H2. The molecule has 0 saturated carbocycles. The summed E-state index contributed by atoms with van der Waals surface area (Å²) in [5.41, 5.74) is 0. The average Bonchev–Trinajstić information content (AvgIpc) is 1.31. The Morgan fingerprint density at radius 1 is 1.25 bits per heavy atom. The van der Waals surface area contributed by atoms with Crippen LogP contribution in [0.2, 0.25) is 0 Å². The van der Waals surface area contributed by atoms with Gasteiger partial charge in [0.05, 0.1) is 0 Å². The molecule has 50 valence electrons. The first kappa shape index (κ1) is 10.4. The van der Waals surface area contributed by atoms with E-state index in [0.717, 1.165) is 0 Å². The molecule has 1 nitrogen and oxygen atoms in total. The average molecular weight is 132 g/mol. The lowest BCUT2D eigenvalue weighted by Crippen LogP contribution is -2.05. The normalized spacial score (nSPS) is 10.0. The topological polar surface area (TPSA) is 31.5 Å². The first-order valence-corrected chi connectivity index (χ1v) is 1.36. The van der Waals surface area contributed by atoms with Gasteiger partial charge in [0.1, 0.15) is 0 Å². The summed E-state index contributed by atoms with van der Waals surface area (Å²) in [5.74, 6) is -2.26. The zero-order valence-electron chi connectivity index (χ0n) is 3.72. The van der Waals surface area contributed by atoms with Crippen LogP contribution in [0, 0.1) is 0 Å². The minimum atomic E-state index is -4.86. The molecule has 0 spiro atoms. The second kappa shape index (κ2) is 2.66. The number of rotatable bonds is 0. The second-order valence-electron chi connectivity index (χ2n) is 0.903. The predicted molar refractivity (Wildman–Crippen MR) is 19.9 cm³/mol. The van der Waals surface area contributed by atoms with E-state index in [1.807, 2.05) is 6.58 Å². The Labute approximate surface area is 42.9 Å². The van der Waals surface area contributed by atoms with E-state index in [9.17, 15) is 17.6 Å². The van der Waals surface area contributed by atoms with Crippen LogP contribution in [0.4, 0.5) is 17.6 Å². The van der Waals surface area contributed by atoms with E-state index in [1.165, 1.54) is 0 Å². The van der Waals surface area contributed by atoms with Crippen molar-refractivity contribution in [2.45, 2.75) is 6.18 Å². The van der Waals surface area contributed by atoms with Crippen LogP contribution < -0.4 is 0 Å². The molecule has 0 aliphatic rings. The highest BCUT2D eigenvalue weighted by molar-refractivity contribution is 4.88. The van der Waals surface area contributed by atoms with Crippen LogP contribution in [0.1, 0.15) is 0 Å². The van der Waals surface area contributed by atoms with Crippen LogP contribution in [0.5, 0.6) is 0 Å². The van der Waals surface area contributed by atoms with E-state index in [0.29, 0.717) is 0 Å². The van der Waals surface area contributed by atoms with Crippen molar-refractivity contribution in [1.29, 1.82) is 0 Å². The van der Waals surface area contributed by atoms with Crippen molar-refractivity contribution in [3.63, 3.8) is 0 Å². The summed E-state index contributed by atoms with van der Waals surface area (Å²) in [7, 11) is 0. The summed E-state index contributed by atoms with van der Waals surface area (Å²) in [6.45, 7) is 2.03. The molecule has 0 amide bonds. The molecule has 0 rings (SSSR count). The van der Waals surface area contributed by atoms with Crippen molar-refractivity contribution in [1.82, 2.24) is 0 Å². The van der Waals surface area contributed by atoms with Gasteiger partial charge in [0.25, 0.3) is 0 Å². The third-order valence-corrected chi connectivity index (χ3v) is 0.308. The van der Waals surface area contributed by atoms with Crippen molar-refractivity contribution in [2.75, 3.05) is 0 Å². The Morgan fingerprint density at radius 3 is 1.38 bits per heavy atom. The molecule has 0 heterocycles. The van der Waals surface area contributed by atoms with E-state index < -0.39 is 12.0 Å². The van der Waals surface area contributed by atoms with Gasteiger partial charge in [-0.3, -0.25) is 0 Å². The predicted octanol–water partition coefficient (Wildman–Crippen LogP) is 1.21. The number of halogens is 4.